The Balaban J connectivity index is 0.000000195. The summed E-state index contributed by atoms with van der Waals surface area (Å²) in [6.45, 7) is 1.51. The molecule has 3 aromatic rings. The lowest BCUT2D eigenvalue weighted by atomic mass is 10.0. The molecule has 8 N–H and O–H groups in total. The van der Waals surface area contributed by atoms with Crippen LogP contribution in [0.5, 0.6) is 5.75 Å². The molecule has 0 unspecified atom stereocenters. The van der Waals surface area contributed by atoms with E-state index in [1.54, 1.807) is 31.3 Å². The van der Waals surface area contributed by atoms with Crippen LogP contribution in [0.2, 0.25) is 0 Å². The van der Waals surface area contributed by atoms with Crippen molar-refractivity contribution in [2.45, 2.75) is 43.6 Å². The maximum atomic E-state index is 9.95. The molecule has 1 aliphatic rings. The molecular formula is C20H28N6O6. The molecular weight excluding hydrogens is 420 g/mol. The van der Waals surface area contributed by atoms with E-state index >= 15 is 0 Å². The number of phenols is 1. The average Bonchev–Trinajstić information content (AvgIpc) is 3.35. The second-order valence-electron chi connectivity index (χ2n) is 7.43. The molecule has 0 saturated carbocycles. The summed E-state index contributed by atoms with van der Waals surface area (Å²) in [5, 5.41) is 50.5. The van der Waals surface area contributed by atoms with E-state index < -0.39 is 37.3 Å². The van der Waals surface area contributed by atoms with Crippen LogP contribution in [0, 0.1) is 0 Å². The van der Waals surface area contributed by atoms with Crippen LogP contribution in [0.3, 0.4) is 0 Å². The Labute approximate surface area is 184 Å². The van der Waals surface area contributed by atoms with Gasteiger partial charge < -0.3 is 41.3 Å². The summed E-state index contributed by atoms with van der Waals surface area (Å²) >= 11 is 0. The number of hydrogen-bond acceptors (Lipinski definition) is 11. The maximum Gasteiger partial charge on any atom is 0.167 e. The van der Waals surface area contributed by atoms with Crippen molar-refractivity contribution in [3.63, 3.8) is 0 Å². The highest BCUT2D eigenvalue weighted by Gasteiger charge is 2.43. The largest absolute Gasteiger partial charge is 0.508 e. The minimum atomic E-state index is -1.19. The molecule has 1 aromatic carbocycles. The van der Waals surface area contributed by atoms with E-state index in [4.69, 9.17) is 20.7 Å². The van der Waals surface area contributed by atoms with Gasteiger partial charge in [0.1, 0.15) is 35.9 Å². The zero-order valence-electron chi connectivity index (χ0n) is 17.6. The highest BCUT2D eigenvalue weighted by atomic mass is 16.6. The number of nitrogen functional groups attached to an aromatic ring is 1. The summed E-state index contributed by atoms with van der Waals surface area (Å²) in [4.78, 5) is 11.9. The number of anilines is 1. The fraction of sp³-hybridized carbons (Fsp3) is 0.450. The molecule has 1 fully saturated rings. The van der Waals surface area contributed by atoms with E-state index in [0.29, 0.717) is 11.2 Å². The highest BCUT2D eigenvalue weighted by Crippen LogP contribution is 2.31. The molecule has 0 spiro atoms. The van der Waals surface area contributed by atoms with Gasteiger partial charge in [0.05, 0.1) is 19.0 Å². The lowest BCUT2D eigenvalue weighted by Crippen LogP contribution is -2.33. The number of aliphatic hydroxyl groups is 4. The summed E-state index contributed by atoms with van der Waals surface area (Å²) in [6, 6.07) is 6.58. The molecule has 6 atom stereocenters. The van der Waals surface area contributed by atoms with Crippen LogP contribution in [-0.2, 0) is 4.74 Å². The molecule has 12 heteroatoms. The monoisotopic (exact) mass is 448 g/mol. The Bertz CT molecular complexity index is 1020. The molecule has 1 saturated heterocycles. The van der Waals surface area contributed by atoms with Crippen LogP contribution in [-0.4, -0.2) is 83.1 Å². The molecule has 2 aromatic heterocycles. The average molecular weight is 448 g/mol. The second-order valence-corrected chi connectivity index (χ2v) is 7.43. The Morgan fingerprint density at radius 1 is 1.16 bits per heavy atom. The fourth-order valence-corrected chi connectivity index (χ4v) is 3.28. The number of nitrogens with two attached hydrogens (primary N) is 1. The van der Waals surface area contributed by atoms with Crippen molar-refractivity contribution in [1.82, 2.24) is 24.8 Å². The molecule has 32 heavy (non-hydrogen) atoms. The molecule has 1 aliphatic heterocycles. The van der Waals surface area contributed by atoms with Gasteiger partial charge in [0.15, 0.2) is 17.7 Å². The van der Waals surface area contributed by atoms with Crippen LogP contribution in [0.15, 0.2) is 36.9 Å². The minimum Gasteiger partial charge on any atom is -0.508 e. The number of nitrogens with zero attached hydrogens (tertiary/aromatic N) is 4. The first kappa shape index (κ1) is 23.8. The molecule has 174 valence electrons. The number of ether oxygens (including phenoxy) is 1. The Hall–Kier alpha value is -2.87. The molecule has 12 nitrogen and oxygen atoms in total. The van der Waals surface area contributed by atoms with E-state index in [1.807, 2.05) is 6.92 Å². The molecule has 0 bridgehead atoms. The van der Waals surface area contributed by atoms with E-state index in [2.05, 4.69) is 20.3 Å². The predicted octanol–water partition coefficient (Wildman–Crippen LogP) is -0.946. The summed E-state index contributed by atoms with van der Waals surface area (Å²) in [7, 11) is 1.80. The Morgan fingerprint density at radius 2 is 1.84 bits per heavy atom. The lowest BCUT2D eigenvalue weighted by Gasteiger charge is -2.18. The molecule has 0 aliphatic carbocycles. The smallest absolute Gasteiger partial charge is 0.167 e. The topological polar surface area (TPSA) is 192 Å². The van der Waals surface area contributed by atoms with Crippen molar-refractivity contribution >= 4 is 17.0 Å². The van der Waals surface area contributed by atoms with Gasteiger partial charge in [0.2, 0.25) is 0 Å². The zero-order chi connectivity index (χ0) is 23.4. The zero-order valence-corrected chi connectivity index (χ0v) is 17.6. The van der Waals surface area contributed by atoms with Gasteiger partial charge in [0.25, 0.3) is 0 Å². The van der Waals surface area contributed by atoms with E-state index in [1.165, 1.54) is 17.2 Å². The fourth-order valence-electron chi connectivity index (χ4n) is 3.28. The number of phenolic OH excluding ortho intramolecular Hbond substituents is 1. The van der Waals surface area contributed by atoms with Crippen LogP contribution in [0.1, 0.15) is 24.8 Å². The van der Waals surface area contributed by atoms with E-state index in [0.717, 1.165) is 5.56 Å². The third kappa shape index (κ3) is 4.80. The van der Waals surface area contributed by atoms with Gasteiger partial charge in [0, 0.05) is 6.04 Å². The summed E-state index contributed by atoms with van der Waals surface area (Å²) in [6.07, 6.45) is -1.96. The van der Waals surface area contributed by atoms with Crippen molar-refractivity contribution in [3.8, 4) is 5.75 Å². The van der Waals surface area contributed by atoms with Crippen molar-refractivity contribution < 1.29 is 30.3 Å². The SMILES string of the molecule is CN[C@@H](C)[C@H](O)c1ccc(O)cc1.Nc1ncnc2c1ncn2[C@@H]1O[C@H](CO)[C@@H](O)[C@H]1O. The molecule has 4 rings (SSSR count). The Kier molecular flexibility index (Phi) is 7.56. The standard InChI is InChI=1S/C10H13N5O4.C10H15NO2/c11-8-5-9(13-2-12-8)15(3-14-5)10-7(18)6(17)4(1-16)19-10;1-7(11-2)10(13)8-3-5-9(12)6-4-8/h2-4,6-7,10,16-18H,1H2,(H2,11,12,13);3-7,10-13H,1-2H3/t4-,6-,7-,10-;7-,10-/m10/s1. The van der Waals surface area contributed by atoms with Crippen molar-refractivity contribution in [2.24, 2.45) is 0 Å². The molecule has 0 amide bonds. The molecule has 0 radical (unpaired) electrons. The summed E-state index contributed by atoms with van der Waals surface area (Å²) in [5.74, 6) is 0.434. The van der Waals surface area contributed by atoms with Crippen LogP contribution < -0.4 is 11.1 Å². The maximum absolute atomic E-state index is 9.95. The van der Waals surface area contributed by atoms with Crippen LogP contribution in [0.4, 0.5) is 5.82 Å². The third-order valence-corrected chi connectivity index (χ3v) is 5.34. The van der Waals surface area contributed by atoms with E-state index in [9.17, 15) is 15.3 Å². The number of aromatic hydroxyl groups is 1. The third-order valence-electron chi connectivity index (χ3n) is 5.34. The second kappa shape index (κ2) is 10.2. The van der Waals surface area contributed by atoms with Crippen molar-refractivity contribution in [3.05, 3.63) is 42.5 Å². The van der Waals surface area contributed by atoms with Crippen LogP contribution in [0.25, 0.3) is 11.2 Å². The summed E-state index contributed by atoms with van der Waals surface area (Å²) < 4.78 is 6.85. The quantitative estimate of drug-likeness (QED) is 0.255. The summed E-state index contributed by atoms with van der Waals surface area (Å²) in [5.41, 5.74) is 7.25. The van der Waals surface area contributed by atoms with Gasteiger partial charge in [-0.1, -0.05) is 12.1 Å². The first-order valence-corrected chi connectivity index (χ1v) is 9.98. The van der Waals surface area contributed by atoms with Gasteiger partial charge in [-0.05, 0) is 31.7 Å². The normalized spacial score (nSPS) is 24.7. The van der Waals surface area contributed by atoms with E-state index in [-0.39, 0.29) is 17.6 Å². The predicted molar refractivity (Wildman–Crippen MR) is 114 cm³/mol. The number of rotatable bonds is 5. The number of benzene rings is 1. The van der Waals surface area contributed by atoms with Crippen molar-refractivity contribution in [1.29, 1.82) is 0 Å². The number of imidazole rings is 1. The van der Waals surface area contributed by atoms with Gasteiger partial charge in [-0.2, -0.15) is 0 Å². The highest BCUT2D eigenvalue weighted by molar-refractivity contribution is 5.81. The number of likely N-dealkylation sites (N-methyl/N-ethyl adjacent to an activating group) is 1. The van der Waals surface area contributed by atoms with Gasteiger partial charge in [-0.3, -0.25) is 4.57 Å². The number of aliphatic hydroxyl groups excluding tert-OH is 4. The number of hydrogen-bond donors (Lipinski definition) is 7. The molecule has 3 heterocycles. The number of nitrogens with one attached hydrogen (secondary N) is 1. The van der Waals surface area contributed by atoms with Crippen molar-refractivity contribution in [2.75, 3.05) is 19.4 Å². The first-order valence-electron chi connectivity index (χ1n) is 9.98. The van der Waals surface area contributed by atoms with Gasteiger partial charge in [-0.25, -0.2) is 15.0 Å². The first-order chi connectivity index (χ1) is 15.3. The van der Waals surface area contributed by atoms with Gasteiger partial charge in [-0.15, -0.1) is 0 Å². The Morgan fingerprint density at radius 3 is 2.44 bits per heavy atom. The number of fused-ring (bicyclic) bond motifs is 1. The lowest BCUT2D eigenvalue weighted by molar-refractivity contribution is -0.0511. The van der Waals surface area contributed by atoms with Gasteiger partial charge >= 0.3 is 0 Å². The minimum absolute atomic E-state index is 0.00421. The number of aromatic nitrogens is 4. The van der Waals surface area contributed by atoms with Crippen LogP contribution >= 0.6 is 0 Å².